The summed E-state index contributed by atoms with van der Waals surface area (Å²) < 4.78 is 10.4. The van der Waals surface area contributed by atoms with E-state index in [0.29, 0.717) is 12.4 Å². The molecule has 94 valence electrons. The first-order valence-corrected chi connectivity index (χ1v) is 5.74. The fraction of sp³-hybridized carbons (Fsp3) is 0.462. The van der Waals surface area contributed by atoms with E-state index in [-0.39, 0.29) is 12.0 Å². The summed E-state index contributed by atoms with van der Waals surface area (Å²) in [6.07, 6.45) is -0.630. The molecule has 0 saturated heterocycles. The zero-order chi connectivity index (χ0) is 12.8. The number of benzene rings is 1. The lowest BCUT2D eigenvalue weighted by atomic mass is 10.1. The van der Waals surface area contributed by atoms with E-state index >= 15 is 0 Å². The van der Waals surface area contributed by atoms with Crippen molar-refractivity contribution in [2.24, 2.45) is 5.73 Å². The lowest BCUT2D eigenvalue weighted by Crippen LogP contribution is -2.26. The third-order valence-electron chi connectivity index (χ3n) is 2.33. The summed E-state index contributed by atoms with van der Waals surface area (Å²) in [5, 5.41) is 0. The molecule has 1 rings (SSSR count). The van der Waals surface area contributed by atoms with Crippen molar-refractivity contribution in [3.63, 3.8) is 0 Å². The summed E-state index contributed by atoms with van der Waals surface area (Å²) >= 11 is 0. The van der Waals surface area contributed by atoms with Crippen LogP contribution in [0.1, 0.15) is 32.4 Å². The molecule has 0 spiro atoms. The molecule has 0 heterocycles. The van der Waals surface area contributed by atoms with E-state index in [9.17, 15) is 4.79 Å². The minimum Gasteiger partial charge on any atom is -0.479 e. The Bertz CT molecular complexity index is 377. The molecule has 0 bridgehead atoms. The second kappa shape index (κ2) is 6.25. The Kier molecular flexibility index (Phi) is 4.97. The Morgan fingerprint density at radius 1 is 1.35 bits per heavy atom. The van der Waals surface area contributed by atoms with Gasteiger partial charge in [-0.05, 0) is 26.8 Å². The highest BCUT2D eigenvalue weighted by atomic mass is 16.6. The predicted octanol–water partition coefficient (Wildman–Crippen LogP) is 2.04. The van der Waals surface area contributed by atoms with Crippen molar-refractivity contribution in [1.29, 1.82) is 0 Å². The van der Waals surface area contributed by atoms with Gasteiger partial charge in [0.2, 0.25) is 0 Å². The second-order valence-corrected chi connectivity index (χ2v) is 3.84. The number of hydrogen-bond acceptors (Lipinski definition) is 4. The number of hydrogen-bond donors (Lipinski definition) is 1. The highest BCUT2D eigenvalue weighted by molar-refractivity contribution is 5.74. The van der Waals surface area contributed by atoms with Crippen LogP contribution in [0.25, 0.3) is 0 Å². The topological polar surface area (TPSA) is 61.5 Å². The van der Waals surface area contributed by atoms with E-state index in [2.05, 4.69) is 0 Å². The van der Waals surface area contributed by atoms with Crippen molar-refractivity contribution in [2.45, 2.75) is 32.9 Å². The molecule has 4 heteroatoms. The van der Waals surface area contributed by atoms with Gasteiger partial charge in [0.1, 0.15) is 5.75 Å². The van der Waals surface area contributed by atoms with Gasteiger partial charge in [-0.15, -0.1) is 0 Å². The first-order chi connectivity index (χ1) is 8.06. The SMILES string of the molecule is CCOC(=O)C(C)Oc1ccccc1C(C)N. The van der Waals surface area contributed by atoms with E-state index in [1.807, 2.05) is 25.1 Å². The third kappa shape index (κ3) is 3.75. The molecule has 2 atom stereocenters. The Morgan fingerprint density at radius 3 is 2.59 bits per heavy atom. The van der Waals surface area contributed by atoms with Gasteiger partial charge in [-0.2, -0.15) is 0 Å². The molecule has 2 N–H and O–H groups in total. The maximum atomic E-state index is 11.5. The molecule has 1 aromatic carbocycles. The Labute approximate surface area is 102 Å². The first-order valence-electron chi connectivity index (χ1n) is 5.74. The minimum atomic E-state index is -0.630. The molecule has 1 aromatic rings. The molecule has 2 unspecified atom stereocenters. The summed E-state index contributed by atoms with van der Waals surface area (Å²) in [5.74, 6) is 0.259. The minimum absolute atomic E-state index is 0.138. The normalized spacial score (nSPS) is 13.9. The van der Waals surface area contributed by atoms with Crippen LogP contribution >= 0.6 is 0 Å². The first kappa shape index (κ1) is 13.5. The third-order valence-corrected chi connectivity index (χ3v) is 2.33. The van der Waals surface area contributed by atoms with E-state index in [1.54, 1.807) is 19.9 Å². The van der Waals surface area contributed by atoms with Gasteiger partial charge in [-0.1, -0.05) is 18.2 Å². The van der Waals surface area contributed by atoms with Crippen LogP contribution in [0.4, 0.5) is 0 Å². The van der Waals surface area contributed by atoms with Gasteiger partial charge in [-0.3, -0.25) is 0 Å². The number of rotatable bonds is 5. The van der Waals surface area contributed by atoms with Crippen molar-refractivity contribution in [1.82, 2.24) is 0 Å². The Hall–Kier alpha value is -1.55. The molecular formula is C13H19NO3. The maximum Gasteiger partial charge on any atom is 0.347 e. The number of carbonyl (C=O) groups is 1. The van der Waals surface area contributed by atoms with Crippen molar-refractivity contribution >= 4 is 5.97 Å². The molecule has 0 aliphatic heterocycles. The van der Waals surface area contributed by atoms with Gasteiger partial charge < -0.3 is 15.2 Å². The molecular weight excluding hydrogens is 218 g/mol. The van der Waals surface area contributed by atoms with Gasteiger partial charge in [0, 0.05) is 11.6 Å². The van der Waals surface area contributed by atoms with Crippen molar-refractivity contribution in [2.75, 3.05) is 6.61 Å². The smallest absolute Gasteiger partial charge is 0.347 e. The second-order valence-electron chi connectivity index (χ2n) is 3.84. The standard InChI is InChI=1S/C13H19NO3/c1-4-16-13(15)10(3)17-12-8-6-5-7-11(12)9(2)14/h5-10H,4,14H2,1-3H3. The molecule has 17 heavy (non-hydrogen) atoms. The van der Waals surface area contributed by atoms with E-state index in [4.69, 9.17) is 15.2 Å². The zero-order valence-electron chi connectivity index (χ0n) is 10.5. The molecule has 0 fully saturated rings. The maximum absolute atomic E-state index is 11.5. The predicted molar refractivity (Wildman–Crippen MR) is 65.8 cm³/mol. The molecule has 4 nitrogen and oxygen atoms in total. The number of ether oxygens (including phenoxy) is 2. The molecule has 0 amide bonds. The average molecular weight is 237 g/mol. The Morgan fingerprint density at radius 2 is 2.00 bits per heavy atom. The van der Waals surface area contributed by atoms with Crippen LogP contribution in [-0.4, -0.2) is 18.7 Å². The van der Waals surface area contributed by atoms with E-state index < -0.39 is 6.10 Å². The molecule has 0 aromatic heterocycles. The van der Waals surface area contributed by atoms with Crippen LogP contribution in [0.15, 0.2) is 24.3 Å². The van der Waals surface area contributed by atoms with Crippen LogP contribution in [0, 0.1) is 0 Å². The monoisotopic (exact) mass is 237 g/mol. The van der Waals surface area contributed by atoms with Gasteiger partial charge in [0.25, 0.3) is 0 Å². The largest absolute Gasteiger partial charge is 0.479 e. The summed E-state index contributed by atoms with van der Waals surface area (Å²) in [7, 11) is 0. The van der Waals surface area contributed by atoms with E-state index in [0.717, 1.165) is 5.56 Å². The molecule has 0 saturated carbocycles. The number of carbonyl (C=O) groups excluding carboxylic acids is 1. The van der Waals surface area contributed by atoms with Crippen LogP contribution < -0.4 is 10.5 Å². The number of para-hydroxylation sites is 1. The van der Waals surface area contributed by atoms with E-state index in [1.165, 1.54) is 0 Å². The molecule has 0 aliphatic rings. The zero-order valence-corrected chi connectivity index (χ0v) is 10.5. The Balaban J connectivity index is 2.77. The number of esters is 1. The summed E-state index contributed by atoms with van der Waals surface area (Å²) in [5.41, 5.74) is 6.71. The highest BCUT2D eigenvalue weighted by Gasteiger charge is 2.17. The summed E-state index contributed by atoms with van der Waals surface area (Å²) in [6, 6.07) is 7.28. The van der Waals surface area contributed by atoms with Crippen LogP contribution in [0.5, 0.6) is 5.75 Å². The number of nitrogens with two attached hydrogens (primary N) is 1. The van der Waals surface area contributed by atoms with Gasteiger partial charge in [0.05, 0.1) is 6.61 Å². The van der Waals surface area contributed by atoms with Gasteiger partial charge >= 0.3 is 5.97 Å². The van der Waals surface area contributed by atoms with Crippen LogP contribution in [0.3, 0.4) is 0 Å². The lowest BCUT2D eigenvalue weighted by molar-refractivity contribution is -0.150. The quantitative estimate of drug-likeness (QED) is 0.796. The fourth-order valence-electron chi connectivity index (χ4n) is 1.46. The molecule has 0 radical (unpaired) electrons. The summed E-state index contributed by atoms with van der Waals surface area (Å²) in [4.78, 5) is 11.5. The average Bonchev–Trinajstić information content (AvgIpc) is 2.29. The van der Waals surface area contributed by atoms with Crippen molar-refractivity contribution in [3.8, 4) is 5.75 Å². The fourth-order valence-corrected chi connectivity index (χ4v) is 1.46. The van der Waals surface area contributed by atoms with Gasteiger partial charge in [-0.25, -0.2) is 4.79 Å². The van der Waals surface area contributed by atoms with Crippen LogP contribution in [-0.2, 0) is 9.53 Å². The van der Waals surface area contributed by atoms with Crippen molar-refractivity contribution in [3.05, 3.63) is 29.8 Å². The van der Waals surface area contributed by atoms with Gasteiger partial charge in [0.15, 0.2) is 6.10 Å². The van der Waals surface area contributed by atoms with Crippen LogP contribution in [0.2, 0.25) is 0 Å². The molecule has 0 aliphatic carbocycles. The lowest BCUT2D eigenvalue weighted by Gasteiger charge is -2.17. The van der Waals surface area contributed by atoms with Crippen molar-refractivity contribution < 1.29 is 14.3 Å². The highest BCUT2D eigenvalue weighted by Crippen LogP contribution is 2.24. The summed E-state index contributed by atoms with van der Waals surface area (Å²) in [6.45, 7) is 5.65.